The van der Waals surface area contributed by atoms with Crippen LogP contribution in [0.3, 0.4) is 0 Å². The Balaban J connectivity index is 0.00000288. The number of fused-ring (bicyclic) bond motifs is 1. The normalized spacial score (nSPS) is 11.5. The summed E-state index contributed by atoms with van der Waals surface area (Å²) in [5, 5.41) is 0.714. The largest absolute Gasteiger partial charge is 1.00 e. The van der Waals surface area contributed by atoms with Gasteiger partial charge in [-0.25, -0.2) is 4.98 Å². The maximum Gasteiger partial charge on any atom is 0.261 e. The van der Waals surface area contributed by atoms with Crippen LogP contribution in [0.2, 0.25) is 0 Å². The summed E-state index contributed by atoms with van der Waals surface area (Å²) in [6, 6.07) is 7.58. The van der Waals surface area contributed by atoms with Gasteiger partial charge in [0.15, 0.2) is 0 Å². The van der Waals surface area contributed by atoms with Gasteiger partial charge in [0, 0.05) is 0 Å². The van der Waals surface area contributed by atoms with Crippen LogP contribution < -0.4 is 29.5 Å². The van der Waals surface area contributed by atoms with Crippen LogP contribution in [0.4, 0.5) is 0 Å². The molecule has 0 saturated heterocycles. The molecule has 134 valence electrons. The highest BCUT2D eigenvalue weighted by molar-refractivity contribution is 5.76. The van der Waals surface area contributed by atoms with Crippen LogP contribution in [0.25, 0.3) is 10.9 Å². The van der Waals surface area contributed by atoms with E-state index in [4.69, 9.17) is 0 Å². The van der Waals surface area contributed by atoms with E-state index in [0.29, 0.717) is 5.39 Å². The molecular formula is C19H30IN3O. The Kier molecular flexibility index (Phi) is 8.91. The SMILES string of the molecule is CCCC[N+](C)(CCCC)CCn1cnc2ccccc2c1=O.[I-]. The Morgan fingerprint density at radius 1 is 1.04 bits per heavy atom. The van der Waals surface area contributed by atoms with Gasteiger partial charge in [-0.3, -0.25) is 9.36 Å². The van der Waals surface area contributed by atoms with E-state index in [1.54, 1.807) is 10.9 Å². The first kappa shape index (κ1) is 21.1. The lowest BCUT2D eigenvalue weighted by atomic mass is 10.2. The van der Waals surface area contributed by atoms with Crippen LogP contribution in [0.5, 0.6) is 0 Å². The van der Waals surface area contributed by atoms with Crippen molar-refractivity contribution < 1.29 is 28.5 Å². The third-order valence-electron chi connectivity index (χ3n) is 4.72. The van der Waals surface area contributed by atoms with Crippen molar-refractivity contribution in [3.05, 3.63) is 40.9 Å². The molecule has 1 aromatic carbocycles. The second kappa shape index (κ2) is 10.1. The maximum atomic E-state index is 12.6. The summed E-state index contributed by atoms with van der Waals surface area (Å²) in [5.41, 5.74) is 0.858. The fourth-order valence-electron chi connectivity index (χ4n) is 3.03. The molecule has 4 nitrogen and oxygen atoms in total. The average Bonchev–Trinajstić information content (AvgIpc) is 2.58. The Hall–Kier alpha value is -0.950. The van der Waals surface area contributed by atoms with Gasteiger partial charge < -0.3 is 28.5 Å². The fourth-order valence-corrected chi connectivity index (χ4v) is 3.03. The molecule has 1 aromatic heterocycles. The monoisotopic (exact) mass is 443 g/mol. The van der Waals surface area contributed by atoms with E-state index in [-0.39, 0.29) is 29.5 Å². The van der Waals surface area contributed by atoms with Crippen molar-refractivity contribution in [1.82, 2.24) is 9.55 Å². The lowest BCUT2D eigenvalue weighted by Gasteiger charge is -2.35. The van der Waals surface area contributed by atoms with E-state index in [2.05, 4.69) is 25.9 Å². The number of hydrogen-bond acceptors (Lipinski definition) is 2. The standard InChI is InChI=1S/C19H30N3O.HI/c1-4-6-13-22(3,14-7-5-2)15-12-21-16-20-18-11-9-8-10-17(18)19(21)23;/h8-11,16H,4-7,12-15H2,1-3H3;1H/q+1;/p-1. The first-order chi connectivity index (χ1) is 11.1. The molecule has 0 fully saturated rings. The van der Waals surface area contributed by atoms with Gasteiger partial charge in [0.2, 0.25) is 0 Å². The summed E-state index contributed by atoms with van der Waals surface area (Å²) >= 11 is 0. The van der Waals surface area contributed by atoms with Crippen molar-refractivity contribution in [2.24, 2.45) is 0 Å². The van der Waals surface area contributed by atoms with E-state index in [1.807, 2.05) is 24.3 Å². The van der Waals surface area contributed by atoms with Crippen molar-refractivity contribution in [1.29, 1.82) is 0 Å². The molecule has 1 heterocycles. The molecule has 0 amide bonds. The predicted octanol–water partition coefficient (Wildman–Crippen LogP) is 0.447. The summed E-state index contributed by atoms with van der Waals surface area (Å²) in [6.45, 7) is 8.57. The van der Waals surface area contributed by atoms with Crippen LogP contribution in [0.1, 0.15) is 39.5 Å². The summed E-state index contributed by atoms with van der Waals surface area (Å²) in [5.74, 6) is 0. The molecule has 0 radical (unpaired) electrons. The summed E-state index contributed by atoms with van der Waals surface area (Å²) in [6.07, 6.45) is 6.62. The second-order valence-corrected chi connectivity index (χ2v) is 6.76. The lowest BCUT2D eigenvalue weighted by Crippen LogP contribution is -3.00. The first-order valence-electron chi connectivity index (χ1n) is 8.87. The number of benzene rings is 1. The van der Waals surface area contributed by atoms with Gasteiger partial charge in [-0.15, -0.1) is 0 Å². The number of rotatable bonds is 9. The van der Waals surface area contributed by atoms with Crippen LogP contribution in [0.15, 0.2) is 35.4 Å². The third kappa shape index (κ3) is 5.55. The number of para-hydroxylation sites is 1. The zero-order valence-electron chi connectivity index (χ0n) is 15.2. The Bertz CT molecular complexity index is 676. The molecule has 0 aliphatic carbocycles. The van der Waals surface area contributed by atoms with E-state index < -0.39 is 0 Å². The number of quaternary nitrogens is 1. The molecule has 0 spiro atoms. The van der Waals surface area contributed by atoms with E-state index in [9.17, 15) is 4.79 Å². The van der Waals surface area contributed by atoms with Gasteiger partial charge in [-0.1, -0.05) is 38.8 Å². The van der Waals surface area contributed by atoms with E-state index >= 15 is 0 Å². The highest BCUT2D eigenvalue weighted by atomic mass is 127. The molecule has 0 atom stereocenters. The first-order valence-corrected chi connectivity index (χ1v) is 8.87. The average molecular weight is 443 g/mol. The molecule has 2 aromatic rings. The molecule has 0 bridgehead atoms. The van der Waals surface area contributed by atoms with E-state index in [0.717, 1.165) is 23.1 Å². The summed E-state index contributed by atoms with van der Waals surface area (Å²) < 4.78 is 2.82. The quantitative estimate of drug-likeness (QED) is 0.417. The minimum absolute atomic E-state index is 0. The number of likely N-dealkylation sites (N-methyl/N-ethyl adjacent to an activating group) is 1. The molecule has 2 rings (SSSR count). The van der Waals surface area contributed by atoms with Crippen molar-refractivity contribution >= 4 is 10.9 Å². The minimum atomic E-state index is 0. The van der Waals surface area contributed by atoms with Crippen molar-refractivity contribution in [3.8, 4) is 0 Å². The number of hydrogen-bond donors (Lipinski definition) is 0. The molecule has 0 aliphatic rings. The zero-order chi connectivity index (χ0) is 16.7. The van der Waals surface area contributed by atoms with Crippen LogP contribution in [-0.2, 0) is 6.54 Å². The summed E-state index contributed by atoms with van der Waals surface area (Å²) in [4.78, 5) is 17.0. The molecule has 5 heteroatoms. The van der Waals surface area contributed by atoms with Gasteiger partial charge in [0.25, 0.3) is 5.56 Å². The maximum absolute atomic E-state index is 12.6. The molecular weight excluding hydrogens is 413 g/mol. The number of aromatic nitrogens is 2. The fraction of sp³-hybridized carbons (Fsp3) is 0.579. The molecule has 24 heavy (non-hydrogen) atoms. The highest BCUT2D eigenvalue weighted by Crippen LogP contribution is 2.10. The van der Waals surface area contributed by atoms with Gasteiger partial charge in [-0.2, -0.15) is 0 Å². The molecule has 0 aliphatic heterocycles. The zero-order valence-corrected chi connectivity index (χ0v) is 17.3. The van der Waals surface area contributed by atoms with Crippen molar-refractivity contribution in [2.75, 3.05) is 26.7 Å². The van der Waals surface area contributed by atoms with Crippen LogP contribution >= 0.6 is 0 Å². The number of unbranched alkanes of at least 4 members (excludes halogenated alkanes) is 2. The molecule has 0 saturated carbocycles. The molecule has 0 N–H and O–H groups in total. The van der Waals surface area contributed by atoms with Crippen molar-refractivity contribution in [2.45, 2.75) is 46.1 Å². The van der Waals surface area contributed by atoms with Gasteiger partial charge in [0.1, 0.15) is 0 Å². The smallest absolute Gasteiger partial charge is 0.261 e. The predicted molar refractivity (Wildman–Crippen MR) is 96.6 cm³/mol. The number of halogens is 1. The number of nitrogens with zero attached hydrogens (tertiary/aromatic N) is 3. The van der Waals surface area contributed by atoms with E-state index in [1.165, 1.54) is 38.8 Å². The Morgan fingerprint density at radius 3 is 2.29 bits per heavy atom. The van der Waals surface area contributed by atoms with Crippen LogP contribution in [0, 0.1) is 0 Å². The molecule has 0 unspecified atom stereocenters. The van der Waals surface area contributed by atoms with Gasteiger partial charge >= 0.3 is 0 Å². The Labute approximate surface area is 162 Å². The lowest BCUT2D eigenvalue weighted by molar-refractivity contribution is -0.910. The van der Waals surface area contributed by atoms with Crippen LogP contribution in [-0.4, -0.2) is 40.7 Å². The third-order valence-corrected chi connectivity index (χ3v) is 4.72. The minimum Gasteiger partial charge on any atom is -1.00 e. The highest BCUT2D eigenvalue weighted by Gasteiger charge is 2.20. The topological polar surface area (TPSA) is 34.9 Å². The van der Waals surface area contributed by atoms with Crippen molar-refractivity contribution in [3.63, 3.8) is 0 Å². The van der Waals surface area contributed by atoms with Gasteiger partial charge in [-0.05, 0) is 25.0 Å². The summed E-state index contributed by atoms with van der Waals surface area (Å²) in [7, 11) is 2.32. The second-order valence-electron chi connectivity index (χ2n) is 6.76. The Morgan fingerprint density at radius 2 is 1.67 bits per heavy atom. The van der Waals surface area contributed by atoms with Gasteiger partial charge in [0.05, 0.1) is 50.5 Å².